The van der Waals surface area contributed by atoms with Crippen molar-refractivity contribution in [1.82, 2.24) is 9.80 Å². The number of aryl methyl sites for hydroxylation is 1. The van der Waals surface area contributed by atoms with Crippen LogP contribution < -0.4 is 10.2 Å². The molecule has 3 heterocycles. The quantitative estimate of drug-likeness (QED) is 0.486. The fourth-order valence-corrected chi connectivity index (χ4v) is 5.00. The zero-order chi connectivity index (χ0) is 24.4. The van der Waals surface area contributed by atoms with Crippen LogP contribution in [-0.2, 0) is 4.74 Å². The molecule has 7 nitrogen and oxygen atoms in total. The number of amides is 1. The predicted octanol–water partition coefficient (Wildman–Crippen LogP) is 4.16. The Bertz CT molecular complexity index is 1280. The van der Waals surface area contributed by atoms with E-state index < -0.39 is 6.04 Å². The van der Waals surface area contributed by atoms with Crippen LogP contribution in [0.1, 0.15) is 53.1 Å². The largest absolute Gasteiger partial charge is 0.494 e. The summed E-state index contributed by atoms with van der Waals surface area (Å²) in [5.74, 6) is 0.661. The van der Waals surface area contributed by atoms with E-state index in [9.17, 15) is 9.59 Å². The number of hydrogen-bond acceptors (Lipinski definition) is 6. The lowest BCUT2D eigenvalue weighted by molar-refractivity contribution is 0.0353. The number of nitrogens with zero attached hydrogens (tertiary/aromatic N) is 2. The summed E-state index contributed by atoms with van der Waals surface area (Å²) >= 11 is 0. The van der Waals surface area contributed by atoms with Crippen LogP contribution in [0.5, 0.6) is 5.75 Å². The van der Waals surface area contributed by atoms with Gasteiger partial charge in [0.15, 0.2) is 5.43 Å². The van der Waals surface area contributed by atoms with Crippen LogP contribution in [0.25, 0.3) is 11.0 Å². The van der Waals surface area contributed by atoms with Crippen LogP contribution in [0.4, 0.5) is 0 Å². The first-order chi connectivity index (χ1) is 17.1. The van der Waals surface area contributed by atoms with Gasteiger partial charge < -0.3 is 18.8 Å². The summed E-state index contributed by atoms with van der Waals surface area (Å²) in [4.78, 5) is 31.5. The first-order valence-corrected chi connectivity index (χ1v) is 12.5. The highest BCUT2D eigenvalue weighted by molar-refractivity contribution is 5.99. The number of fused-ring (bicyclic) bond motifs is 2. The molecular weight excluding hydrogens is 444 g/mol. The Morgan fingerprint density at radius 2 is 1.89 bits per heavy atom. The third-order valence-corrected chi connectivity index (χ3v) is 6.74. The van der Waals surface area contributed by atoms with Crippen molar-refractivity contribution < 1.29 is 18.7 Å². The minimum Gasteiger partial charge on any atom is -0.494 e. The van der Waals surface area contributed by atoms with Crippen molar-refractivity contribution in [2.24, 2.45) is 0 Å². The Hall–Kier alpha value is -3.16. The molecule has 2 aliphatic heterocycles. The second kappa shape index (κ2) is 10.2. The van der Waals surface area contributed by atoms with Gasteiger partial charge >= 0.3 is 0 Å². The summed E-state index contributed by atoms with van der Waals surface area (Å²) in [7, 11) is 0. The third-order valence-electron chi connectivity index (χ3n) is 6.74. The Kier molecular flexibility index (Phi) is 6.88. The highest BCUT2D eigenvalue weighted by Gasteiger charge is 2.42. The van der Waals surface area contributed by atoms with Gasteiger partial charge in [-0.25, -0.2) is 0 Å². The fraction of sp³-hybridized carbons (Fsp3) is 0.429. The summed E-state index contributed by atoms with van der Waals surface area (Å²) in [5.41, 5.74) is 2.56. The van der Waals surface area contributed by atoms with Crippen molar-refractivity contribution in [1.29, 1.82) is 0 Å². The second-order valence-corrected chi connectivity index (χ2v) is 9.30. The molecule has 1 atom stereocenters. The maximum Gasteiger partial charge on any atom is 0.290 e. The van der Waals surface area contributed by atoms with Crippen molar-refractivity contribution in [3.63, 3.8) is 0 Å². The molecule has 2 aliphatic rings. The monoisotopic (exact) mass is 476 g/mol. The fourth-order valence-electron chi connectivity index (χ4n) is 5.00. The second-order valence-electron chi connectivity index (χ2n) is 9.30. The highest BCUT2D eigenvalue weighted by Crippen LogP contribution is 2.39. The Morgan fingerprint density at radius 3 is 2.69 bits per heavy atom. The van der Waals surface area contributed by atoms with Gasteiger partial charge in [-0.2, -0.15) is 0 Å². The van der Waals surface area contributed by atoms with Crippen LogP contribution >= 0.6 is 0 Å². The number of ether oxygens (including phenoxy) is 2. The summed E-state index contributed by atoms with van der Waals surface area (Å²) in [6.45, 7) is 9.30. The van der Waals surface area contributed by atoms with E-state index in [-0.39, 0.29) is 17.1 Å². The topological polar surface area (TPSA) is 72.2 Å². The molecule has 2 aromatic carbocycles. The van der Waals surface area contributed by atoms with E-state index >= 15 is 0 Å². The van der Waals surface area contributed by atoms with E-state index in [2.05, 4.69) is 11.8 Å². The molecule has 1 amide bonds. The Morgan fingerprint density at radius 1 is 1.06 bits per heavy atom. The number of carbonyl (C=O) groups excluding carboxylic acids is 1. The normalized spacial score (nSPS) is 18.3. The van der Waals surface area contributed by atoms with E-state index in [0.29, 0.717) is 29.7 Å². The first-order valence-electron chi connectivity index (χ1n) is 12.5. The summed E-state index contributed by atoms with van der Waals surface area (Å²) in [6, 6.07) is 12.7. The lowest BCUT2D eigenvalue weighted by Gasteiger charge is -2.29. The molecule has 35 heavy (non-hydrogen) atoms. The van der Waals surface area contributed by atoms with Gasteiger partial charge in [-0.3, -0.25) is 14.5 Å². The van der Waals surface area contributed by atoms with E-state index in [1.165, 1.54) is 0 Å². The molecule has 3 aromatic rings. The Labute approximate surface area is 205 Å². The van der Waals surface area contributed by atoms with Crippen molar-refractivity contribution in [3.8, 4) is 5.75 Å². The van der Waals surface area contributed by atoms with E-state index in [1.807, 2.05) is 43.3 Å². The standard InChI is InChI=1S/C28H32N2O5/c1-3-14-34-21-7-4-6-20(18-21)25-24-26(31)22-17-19(2)8-9-23(22)35-27(24)28(32)30(25)11-5-10-29-12-15-33-16-13-29/h4,6-9,17-18,25H,3,5,10-16H2,1-2H3/t25-/m0/s1. The lowest BCUT2D eigenvalue weighted by atomic mass is 9.98. The molecular formula is C28H32N2O5. The van der Waals surface area contributed by atoms with Gasteiger partial charge in [0.2, 0.25) is 5.76 Å². The van der Waals surface area contributed by atoms with Crippen molar-refractivity contribution in [2.45, 2.75) is 32.7 Å². The van der Waals surface area contributed by atoms with Crippen molar-refractivity contribution in [3.05, 3.63) is 75.1 Å². The van der Waals surface area contributed by atoms with Gasteiger partial charge in [-0.05, 0) is 49.6 Å². The van der Waals surface area contributed by atoms with Crippen LogP contribution in [0, 0.1) is 6.92 Å². The van der Waals surface area contributed by atoms with Crippen molar-refractivity contribution >= 4 is 16.9 Å². The number of hydrogen-bond donors (Lipinski definition) is 0. The first kappa shape index (κ1) is 23.6. The number of carbonyl (C=O) groups is 1. The van der Waals surface area contributed by atoms with Crippen LogP contribution in [0.2, 0.25) is 0 Å². The molecule has 7 heteroatoms. The van der Waals surface area contributed by atoms with Crippen molar-refractivity contribution in [2.75, 3.05) is 46.0 Å². The minimum atomic E-state index is -0.506. The molecule has 5 rings (SSSR count). The SMILES string of the molecule is CCCOc1cccc([C@H]2c3c(oc4ccc(C)cc4c3=O)C(=O)N2CCCN2CCOCC2)c1. The third kappa shape index (κ3) is 4.70. The number of benzene rings is 2. The molecule has 1 fully saturated rings. The van der Waals surface area contributed by atoms with E-state index in [0.717, 1.165) is 62.6 Å². The van der Waals surface area contributed by atoms with Crippen LogP contribution in [0.3, 0.4) is 0 Å². The van der Waals surface area contributed by atoms with Gasteiger partial charge in [0, 0.05) is 26.2 Å². The molecule has 0 unspecified atom stereocenters. The maximum absolute atomic E-state index is 13.7. The van der Waals surface area contributed by atoms with E-state index in [1.54, 1.807) is 11.0 Å². The molecule has 184 valence electrons. The maximum atomic E-state index is 13.7. The molecule has 0 aliphatic carbocycles. The average Bonchev–Trinajstić information content (AvgIpc) is 3.16. The number of morpholine rings is 1. The number of rotatable bonds is 8. The van der Waals surface area contributed by atoms with Crippen LogP contribution in [-0.4, -0.2) is 61.7 Å². The molecule has 0 spiro atoms. The van der Waals surface area contributed by atoms with E-state index in [4.69, 9.17) is 13.9 Å². The predicted molar refractivity (Wildman–Crippen MR) is 134 cm³/mol. The molecule has 0 saturated carbocycles. The minimum absolute atomic E-state index is 0.140. The zero-order valence-electron chi connectivity index (χ0n) is 20.4. The smallest absolute Gasteiger partial charge is 0.290 e. The average molecular weight is 477 g/mol. The summed E-state index contributed by atoms with van der Waals surface area (Å²) < 4.78 is 17.4. The van der Waals surface area contributed by atoms with Gasteiger partial charge in [-0.1, -0.05) is 30.7 Å². The van der Waals surface area contributed by atoms with Gasteiger partial charge in [0.05, 0.1) is 36.8 Å². The molecule has 0 bridgehead atoms. The molecule has 0 N–H and O–H groups in total. The van der Waals surface area contributed by atoms with Crippen LogP contribution in [0.15, 0.2) is 51.7 Å². The lowest BCUT2D eigenvalue weighted by Crippen LogP contribution is -2.38. The van der Waals surface area contributed by atoms with Gasteiger partial charge in [0.25, 0.3) is 5.91 Å². The summed E-state index contributed by atoms with van der Waals surface area (Å²) in [6.07, 6.45) is 1.70. The zero-order valence-corrected chi connectivity index (χ0v) is 20.4. The molecule has 0 radical (unpaired) electrons. The molecule has 1 saturated heterocycles. The van der Waals surface area contributed by atoms with Gasteiger partial charge in [0.1, 0.15) is 11.3 Å². The highest BCUT2D eigenvalue weighted by atomic mass is 16.5. The molecule has 1 aromatic heterocycles. The summed E-state index contributed by atoms with van der Waals surface area (Å²) in [5, 5.41) is 0.509. The Balaban J connectivity index is 1.53. The van der Waals surface area contributed by atoms with Gasteiger partial charge in [-0.15, -0.1) is 0 Å².